The van der Waals surface area contributed by atoms with Gasteiger partial charge in [0.15, 0.2) is 0 Å². The van der Waals surface area contributed by atoms with Gasteiger partial charge in [-0.15, -0.1) is 0 Å². The van der Waals surface area contributed by atoms with Gasteiger partial charge >= 0.3 is 0 Å². The van der Waals surface area contributed by atoms with Crippen LogP contribution in [-0.4, -0.2) is 6.61 Å². The molecule has 0 aliphatic carbocycles. The van der Waals surface area contributed by atoms with Crippen molar-refractivity contribution in [2.45, 2.75) is 36.5 Å². The summed E-state index contributed by atoms with van der Waals surface area (Å²) in [7, 11) is 0. The number of fused-ring (bicyclic) bond motifs is 2. The van der Waals surface area contributed by atoms with E-state index in [1.54, 1.807) is 0 Å². The lowest BCUT2D eigenvalue weighted by atomic mass is 10.0. The zero-order chi connectivity index (χ0) is 13.2. The summed E-state index contributed by atoms with van der Waals surface area (Å²) in [6.07, 6.45) is 2.13. The molecule has 1 nitrogen and oxygen atoms in total. The third-order valence-corrected chi connectivity index (χ3v) is 4.83. The first-order valence-electron chi connectivity index (χ1n) is 6.86. The normalized spacial score (nSPS) is 12.7. The van der Waals surface area contributed by atoms with E-state index in [1.165, 1.54) is 26.5 Å². The van der Waals surface area contributed by atoms with Crippen molar-refractivity contribution < 1.29 is 4.74 Å². The van der Waals surface area contributed by atoms with Crippen LogP contribution in [0.1, 0.15) is 30.5 Å². The minimum absolute atomic E-state index is 0.722. The minimum atomic E-state index is 0.722. The Morgan fingerprint density at radius 2 is 2.00 bits per heavy atom. The maximum Gasteiger partial charge on any atom is 0.120 e. The minimum Gasteiger partial charge on any atom is -0.494 e. The van der Waals surface area contributed by atoms with Crippen LogP contribution < -0.4 is 4.74 Å². The molecule has 1 heterocycles. The van der Waals surface area contributed by atoms with E-state index in [1.807, 2.05) is 18.7 Å². The summed E-state index contributed by atoms with van der Waals surface area (Å²) in [5.74, 6) is 0.978. The summed E-state index contributed by atoms with van der Waals surface area (Å²) in [5.41, 5.74) is 4.32. The van der Waals surface area contributed by atoms with E-state index in [0.29, 0.717) is 0 Å². The second-order valence-corrected chi connectivity index (χ2v) is 5.79. The Hall–Kier alpha value is -1.41. The number of benzene rings is 2. The first kappa shape index (κ1) is 12.6. The number of hydrogen-bond donors (Lipinski definition) is 0. The number of rotatable bonds is 3. The molecule has 0 fully saturated rings. The van der Waals surface area contributed by atoms with Gasteiger partial charge in [0.05, 0.1) is 6.61 Å². The van der Waals surface area contributed by atoms with Crippen LogP contribution in [0, 0.1) is 0 Å². The molecule has 2 aromatic rings. The van der Waals surface area contributed by atoms with Gasteiger partial charge in [0, 0.05) is 9.79 Å². The van der Waals surface area contributed by atoms with Crippen molar-refractivity contribution in [3.63, 3.8) is 0 Å². The third kappa shape index (κ3) is 2.37. The fourth-order valence-electron chi connectivity index (χ4n) is 2.53. The lowest BCUT2D eigenvalue weighted by Crippen LogP contribution is -2.03. The average molecular weight is 270 g/mol. The fourth-order valence-corrected chi connectivity index (χ4v) is 3.82. The zero-order valence-corrected chi connectivity index (χ0v) is 12.2. The Morgan fingerprint density at radius 1 is 1.11 bits per heavy atom. The molecule has 0 saturated heterocycles. The van der Waals surface area contributed by atoms with E-state index >= 15 is 0 Å². The Balaban J connectivity index is 2.00. The van der Waals surface area contributed by atoms with E-state index in [9.17, 15) is 0 Å². The molecular formula is C17H18OS. The predicted octanol–water partition coefficient (Wildman–Crippen LogP) is 4.70. The van der Waals surface area contributed by atoms with Gasteiger partial charge in [-0.1, -0.05) is 43.0 Å². The summed E-state index contributed by atoms with van der Waals surface area (Å²) in [4.78, 5) is 2.80. The van der Waals surface area contributed by atoms with E-state index in [2.05, 4.69) is 43.3 Å². The highest BCUT2D eigenvalue weighted by Gasteiger charge is 2.18. The van der Waals surface area contributed by atoms with Gasteiger partial charge in [0.25, 0.3) is 0 Å². The molecule has 3 rings (SSSR count). The molecule has 1 aliphatic rings. The van der Waals surface area contributed by atoms with E-state index in [-0.39, 0.29) is 0 Å². The zero-order valence-electron chi connectivity index (χ0n) is 11.4. The van der Waals surface area contributed by atoms with Crippen molar-refractivity contribution in [3.05, 3.63) is 53.1 Å². The van der Waals surface area contributed by atoms with Crippen LogP contribution in [0.5, 0.6) is 5.75 Å². The standard InChI is InChI=1S/C17H18OS/c1-3-12-6-5-7-14-10-13-8-9-15(18-4-2)11-16(13)19-17(12)14/h5-9,11H,3-4,10H2,1-2H3. The molecular weight excluding hydrogens is 252 g/mol. The predicted molar refractivity (Wildman–Crippen MR) is 80.4 cm³/mol. The summed E-state index contributed by atoms with van der Waals surface area (Å²) in [6, 6.07) is 13.1. The smallest absolute Gasteiger partial charge is 0.120 e. The van der Waals surface area contributed by atoms with Crippen LogP contribution in [0.15, 0.2) is 46.2 Å². The molecule has 0 aromatic heterocycles. The summed E-state index contributed by atoms with van der Waals surface area (Å²) < 4.78 is 5.60. The molecule has 0 unspecified atom stereocenters. The van der Waals surface area contributed by atoms with Gasteiger partial charge in [-0.05, 0) is 48.6 Å². The highest BCUT2D eigenvalue weighted by molar-refractivity contribution is 7.99. The first-order valence-corrected chi connectivity index (χ1v) is 7.67. The van der Waals surface area contributed by atoms with Crippen molar-refractivity contribution in [2.24, 2.45) is 0 Å². The second kappa shape index (κ2) is 5.30. The Morgan fingerprint density at radius 3 is 2.79 bits per heavy atom. The van der Waals surface area contributed by atoms with Crippen molar-refractivity contribution in [3.8, 4) is 5.75 Å². The van der Waals surface area contributed by atoms with E-state index < -0.39 is 0 Å². The van der Waals surface area contributed by atoms with Crippen LogP contribution in [0.2, 0.25) is 0 Å². The highest BCUT2D eigenvalue weighted by atomic mass is 32.2. The van der Waals surface area contributed by atoms with Crippen molar-refractivity contribution in [2.75, 3.05) is 6.61 Å². The largest absolute Gasteiger partial charge is 0.494 e. The monoisotopic (exact) mass is 270 g/mol. The molecule has 2 aromatic carbocycles. The second-order valence-electron chi connectivity index (χ2n) is 4.74. The molecule has 19 heavy (non-hydrogen) atoms. The fraction of sp³-hybridized carbons (Fsp3) is 0.294. The Kier molecular flexibility index (Phi) is 3.52. The molecule has 0 bridgehead atoms. The highest BCUT2D eigenvalue weighted by Crippen LogP contribution is 2.42. The lowest BCUT2D eigenvalue weighted by Gasteiger charge is -2.22. The Bertz CT molecular complexity index is 604. The quantitative estimate of drug-likeness (QED) is 0.682. The topological polar surface area (TPSA) is 9.23 Å². The molecule has 0 radical (unpaired) electrons. The lowest BCUT2D eigenvalue weighted by molar-refractivity contribution is 0.339. The number of aryl methyl sites for hydroxylation is 1. The van der Waals surface area contributed by atoms with Crippen molar-refractivity contribution in [1.29, 1.82) is 0 Å². The van der Waals surface area contributed by atoms with Gasteiger partial charge in [-0.2, -0.15) is 0 Å². The third-order valence-electron chi connectivity index (χ3n) is 3.50. The van der Waals surface area contributed by atoms with Crippen LogP contribution >= 0.6 is 11.8 Å². The van der Waals surface area contributed by atoms with Gasteiger partial charge in [0.2, 0.25) is 0 Å². The molecule has 0 N–H and O–H groups in total. The van der Waals surface area contributed by atoms with Gasteiger partial charge in [-0.25, -0.2) is 0 Å². The van der Waals surface area contributed by atoms with Crippen molar-refractivity contribution >= 4 is 11.8 Å². The molecule has 98 valence electrons. The number of hydrogen-bond acceptors (Lipinski definition) is 2. The van der Waals surface area contributed by atoms with E-state index in [4.69, 9.17) is 4.74 Å². The average Bonchev–Trinajstić information content (AvgIpc) is 2.45. The van der Waals surface area contributed by atoms with Crippen LogP contribution in [0.4, 0.5) is 0 Å². The molecule has 0 saturated carbocycles. The molecule has 0 atom stereocenters. The first-order chi connectivity index (χ1) is 9.31. The Labute approximate surface area is 119 Å². The van der Waals surface area contributed by atoms with Gasteiger partial charge in [-0.3, -0.25) is 0 Å². The SMILES string of the molecule is CCOc1ccc2c(c1)Sc1c(CC)cccc1C2. The van der Waals surface area contributed by atoms with Crippen molar-refractivity contribution in [1.82, 2.24) is 0 Å². The summed E-state index contributed by atoms with van der Waals surface area (Å²) in [6.45, 7) is 4.97. The van der Waals surface area contributed by atoms with Crippen LogP contribution in [0.3, 0.4) is 0 Å². The van der Waals surface area contributed by atoms with Crippen LogP contribution in [0.25, 0.3) is 0 Å². The van der Waals surface area contributed by atoms with Gasteiger partial charge < -0.3 is 4.74 Å². The summed E-state index contributed by atoms with van der Waals surface area (Å²) >= 11 is 1.89. The van der Waals surface area contributed by atoms with Crippen LogP contribution in [-0.2, 0) is 12.8 Å². The maximum atomic E-state index is 5.60. The molecule has 0 amide bonds. The maximum absolute atomic E-state index is 5.60. The molecule has 1 aliphatic heterocycles. The summed E-state index contributed by atoms with van der Waals surface area (Å²) in [5, 5.41) is 0. The number of ether oxygens (including phenoxy) is 1. The molecule has 2 heteroatoms. The molecule has 0 spiro atoms. The van der Waals surface area contributed by atoms with Gasteiger partial charge in [0.1, 0.15) is 5.75 Å². The van der Waals surface area contributed by atoms with E-state index in [0.717, 1.165) is 25.2 Å².